The van der Waals surface area contributed by atoms with E-state index in [1.165, 1.54) is 0 Å². The fraction of sp³-hybridized carbons (Fsp3) is 0.867. The van der Waals surface area contributed by atoms with Crippen LogP contribution >= 0.6 is 0 Å². The summed E-state index contributed by atoms with van der Waals surface area (Å²) < 4.78 is 0. The third-order valence-electron chi connectivity index (χ3n) is 4.04. The van der Waals surface area contributed by atoms with Crippen molar-refractivity contribution in [2.45, 2.75) is 40.2 Å². The van der Waals surface area contributed by atoms with Crippen LogP contribution in [0.15, 0.2) is 0 Å². The topological polar surface area (TPSA) is 72.9 Å². The van der Waals surface area contributed by atoms with E-state index in [1.54, 1.807) is 4.90 Å². The molecule has 122 valence electrons. The number of carbonyl (C=O) groups is 2. The molecule has 2 N–H and O–H groups in total. The molecule has 1 rings (SSSR count). The van der Waals surface area contributed by atoms with Gasteiger partial charge < -0.3 is 15.3 Å². The number of carboxylic acids is 1. The molecule has 1 heterocycles. The monoisotopic (exact) mass is 299 g/mol. The quantitative estimate of drug-likeness (QED) is 0.779. The van der Waals surface area contributed by atoms with Gasteiger partial charge >= 0.3 is 12.0 Å². The molecule has 2 amide bonds. The number of piperazine rings is 1. The maximum absolute atomic E-state index is 12.2. The summed E-state index contributed by atoms with van der Waals surface area (Å²) in [5.74, 6) is -0.419. The fourth-order valence-corrected chi connectivity index (χ4v) is 2.56. The van der Waals surface area contributed by atoms with Crippen molar-refractivity contribution in [1.29, 1.82) is 0 Å². The van der Waals surface area contributed by atoms with Crippen LogP contribution in [-0.2, 0) is 4.79 Å². The number of nitrogens with zero attached hydrogens (tertiary/aromatic N) is 2. The van der Waals surface area contributed by atoms with Crippen LogP contribution in [0.5, 0.6) is 0 Å². The molecular weight excluding hydrogens is 270 g/mol. The Labute approximate surface area is 127 Å². The Balaban J connectivity index is 2.48. The van der Waals surface area contributed by atoms with E-state index in [-0.39, 0.29) is 11.9 Å². The van der Waals surface area contributed by atoms with E-state index in [0.29, 0.717) is 19.0 Å². The SMILES string of the molecule is CC[C@H](C)[C@H](NC(=O)N1CCN(CC(C)C)CC1)C(=O)O. The number of carbonyl (C=O) groups excluding carboxylic acids is 1. The molecular formula is C15H29N3O3. The zero-order valence-corrected chi connectivity index (χ0v) is 13.6. The second kappa shape index (κ2) is 8.22. The van der Waals surface area contributed by atoms with Crippen molar-refractivity contribution in [3.05, 3.63) is 0 Å². The van der Waals surface area contributed by atoms with E-state index in [9.17, 15) is 14.7 Å². The highest BCUT2D eigenvalue weighted by Gasteiger charge is 2.28. The average Bonchev–Trinajstić information content (AvgIpc) is 2.43. The Morgan fingerprint density at radius 1 is 1.14 bits per heavy atom. The van der Waals surface area contributed by atoms with Gasteiger partial charge in [0, 0.05) is 32.7 Å². The van der Waals surface area contributed by atoms with Gasteiger partial charge in [0.1, 0.15) is 6.04 Å². The Kier molecular flexibility index (Phi) is 6.95. The van der Waals surface area contributed by atoms with Crippen molar-refractivity contribution >= 4 is 12.0 Å². The summed E-state index contributed by atoms with van der Waals surface area (Å²) in [6.45, 7) is 12.2. The van der Waals surface area contributed by atoms with Crippen LogP contribution < -0.4 is 5.32 Å². The second-order valence-electron chi connectivity index (χ2n) is 6.33. The molecule has 21 heavy (non-hydrogen) atoms. The summed E-state index contributed by atoms with van der Waals surface area (Å²) in [4.78, 5) is 27.5. The minimum absolute atomic E-state index is 0.0753. The van der Waals surface area contributed by atoms with Gasteiger partial charge in [-0.05, 0) is 11.8 Å². The van der Waals surface area contributed by atoms with Crippen LogP contribution in [0.3, 0.4) is 0 Å². The summed E-state index contributed by atoms with van der Waals surface area (Å²) in [6.07, 6.45) is 0.722. The molecule has 2 atom stereocenters. The predicted molar refractivity (Wildman–Crippen MR) is 82.3 cm³/mol. The van der Waals surface area contributed by atoms with Gasteiger partial charge in [0.15, 0.2) is 0 Å². The summed E-state index contributed by atoms with van der Waals surface area (Å²) in [7, 11) is 0. The molecule has 1 fully saturated rings. The third-order valence-corrected chi connectivity index (χ3v) is 4.04. The van der Waals surface area contributed by atoms with E-state index in [1.807, 2.05) is 13.8 Å². The number of amides is 2. The number of hydrogen-bond donors (Lipinski definition) is 2. The lowest BCUT2D eigenvalue weighted by Gasteiger charge is -2.36. The van der Waals surface area contributed by atoms with Gasteiger partial charge in [-0.25, -0.2) is 9.59 Å². The smallest absolute Gasteiger partial charge is 0.326 e. The number of nitrogens with one attached hydrogen (secondary N) is 1. The molecule has 0 aliphatic carbocycles. The summed E-state index contributed by atoms with van der Waals surface area (Å²) in [6, 6.07) is -1.07. The predicted octanol–water partition coefficient (Wildman–Crippen LogP) is 1.47. The van der Waals surface area contributed by atoms with Gasteiger partial charge in [-0.1, -0.05) is 34.1 Å². The molecule has 1 aliphatic rings. The van der Waals surface area contributed by atoms with Gasteiger partial charge in [-0.3, -0.25) is 4.90 Å². The first-order valence-corrected chi connectivity index (χ1v) is 7.85. The summed E-state index contributed by atoms with van der Waals surface area (Å²) in [5, 5.41) is 11.9. The Hall–Kier alpha value is -1.30. The maximum Gasteiger partial charge on any atom is 0.326 e. The van der Waals surface area contributed by atoms with E-state index in [0.717, 1.165) is 26.1 Å². The number of urea groups is 1. The van der Waals surface area contributed by atoms with E-state index in [4.69, 9.17) is 0 Å². The molecule has 0 unspecified atom stereocenters. The zero-order valence-electron chi connectivity index (χ0n) is 13.6. The average molecular weight is 299 g/mol. The normalized spacial score (nSPS) is 19.4. The van der Waals surface area contributed by atoms with Crippen molar-refractivity contribution in [2.75, 3.05) is 32.7 Å². The Morgan fingerprint density at radius 3 is 2.14 bits per heavy atom. The molecule has 0 aromatic carbocycles. The molecule has 0 aromatic rings. The van der Waals surface area contributed by atoms with E-state index >= 15 is 0 Å². The first kappa shape index (κ1) is 17.8. The molecule has 6 heteroatoms. The largest absolute Gasteiger partial charge is 0.480 e. The van der Waals surface area contributed by atoms with Crippen LogP contribution in [0.4, 0.5) is 4.79 Å². The number of carboxylic acid groups (broad SMARTS) is 1. The molecule has 0 aromatic heterocycles. The Bertz CT molecular complexity index is 352. The molecule has 6 nitrogen and oxygen atoms in total. The highest BCUT2D eigenvalue weighted by Crippen LogP contribution is 2.10. The van der Waals surface area contributed by atoms with Crippen LogP contribution in [0.2, 0.25) is 0 Å². The molecule has 0 radical (unpaired) electrons. The lowest BCUT2D eigenvalue weighted by atomic mass is 9.99. The van der Waals surface area contributed by atoms with Gasteiger partial charge in [0.05, 0.1) is 0 Å². The molecule has 0 bridgehead atoms. The van der Waals surface area contributed by atoms with Crippen molar-refractivity contribution in [2.24, 2.45) is 11.8 Å². The van der Waals surface area contributed by atoms with Crippen molar-refractivity contribution in [3.63, 3.8) is 0 Å². The highest BCUT2D eigenvalue weighted by atomic mass is 16.4. The van der Waals surface area contributed by atoms with Crippen molar-refractivity contribution in [3.8, 4) is 0 Å². The molecule has 0 saturated carbocycles. The highest BCUT2D eigenvalue weighted by molar-refractivity contribution is 5.82. The lowest BCUT2D eigenvalue weighted by Crippen LogP contribution is -2.56. The third kappa shape index (κ3) is 5.53. The Morgan fingerprint density at radius 2 is 1.71 bits per heavy atom. The minimum atomic E-state index is -0.962. The van der Waals surface area contributed by atoms with E-state index in [2.05, 4.69) is 24.1 Å². The standard InChI is InChI=1S/C15H29N3O3/c1-5-12(4)13(14(19)20)16-15(21)18-8-6-17(7-9-18)10-11(2)3/h11-13H,5-10H2,1-4H3,(H,16,21)(H,19,20)/t12-,13-/m0/s1. The van der Waals surface area contributed by atoms with Crippen molar-refractivity contribution in [1.82, 2.24) is 15.1 Å². The van der Waals surface area contributed by atoms with Crippen LogP contribution in [0.1, 0.15) is 34.1 Å². The van der Waals surface area contributed by atoms with Crippen LogP contribution in [0, 0.1) is 11.8 Å². The number of rotatable bonds is 6. The molecule has 0 spiro atoms. The fourth-order valence-electron chi connectivity index (χ4n) is 2.56. The minimum Gasteiger partial charge on any atom is -0.480 e. The zero-order chi connectivity index (χ0) is 16.0. The van der Waals surface area contributed by atoms with Crippen LogP contribution in [0.25, 0.3) is 0 Å². The summed E-state index contributed by atoms with van der Waals surface area (Å²) >= 11 is 0. The summed E-state index contributed by atoms with van der Waals surface area (Å²) in [5.41, 5.74) is 0. The van der Waals surface area contributed by atoms with Gasteiger partial charge in [-0.2, -0.15) is 0 Å². The lowest BCUT2D eigenvalue weighted by molar-refractivity contribution is -0.140. The van der Waals surface area contributed by atoms with Gasteiger partial charge in [-0.15, -0.1) is 0 Å². The second-order valence-corrected chi connectivity index (χ2v) is 6.33. The first-order chi connectivity index (χ1) is 9.85. The van der Waals surface area contributed by atoms with E-state index < -0.39 is 12.0 Å². The van der Waals surface area contributed by atoms with Gasteiger partial charge in [0.2, 0.25) is 0 Å². The van der Waals surface area contributed by atoms with Gasteiger partial charge in [0.25, 0.3) is 0 Å². The maximum atomic E-state index is 12.2. The van der Waals surface area contributed by atoms with Crippen LogP contribution in [-0.4, -0.2) is 65.7 Å². The molecule has 1 aliphatic heterocycles. The number of aliphatic carboxylic acids is 1. The molecule has 1 saturated heterocycles. The number of hydrogen-bond acceptors (Lipinski definition) is 3. The first-order valence-electron chi connectivity index (χ1n) is 7.85. The van der Waals surface area contributed by atoms with Crippen molar-refractivity contribution < 1.29 is 14.7 Å².